The van der Waals surface area contributed by atoms with Crippen molar-refractivity contribution in [2.45, 2.75) is 64.0 Å². The van der Waals surface area contributed by atoms with Gasteiger partial charge in [0.05, 0.1) is 27.0 Å². The third kappa shape index (κ3) is 8.00. The van der Waals surface area contributed by atoms with E-state index in [1.807, 2.05) is 30.1 Å². The maximum atomic E-state index is 12.2. The first-order valence-corrected chi connectivity index (χ1v) is 13.2. The monoisotopic (exact) mass is 517 g/mol. The van der Waals surface area contributed by atoms with Gasteiger partial charge in [0.1, 0.15) is 23.0 Å². The number of hydrogen-bond acceptors (Lipinski definition) is 8. The number of H-pyrrole nitrogens is 1. The lowest BCUT2D eigenvalue weighted by Gasteiger charge is -2.20. The molecule has 0 spiro atoms. The van der Waals surface area contributed by atoms with Crippen LogP contribution in [0.1, 0.15) is 56.9 Å². The number of nitrogens with zero attached hydrogens (tertiary/aromatic N) is 3. The van der Waals surface area contributed by atoms with Crippen molar-refractivity contribution in [2.24, 2.45) is 7.05 Å². The van der Waals surface area contributed by atoms with Crippen molar-refractivity contribution in [1.82, 2.24) is 14.9 Å². The molecule has 1 unspecified atom stereocenters. The maximum Gasteiger partial charge on any atom is 0.329 e. The van der Waals surface area contributed by atoms with E-state index in [4.69, 9.17) is 9.47 Å². The van der Waals surface area contributed by atoms with Crippen molar-refractivity contribution in [2.75, 3.05) is 50.8 Å². The molecule has 0 amide bonds. The Morgan fingerprint density at radius 2 is 1.59 bits per heavy atom. The highest BCUT2D eigenvalue weighted by Gasteiger charge is 2.28. The minimum Gasteiger partial charge on any atom is -0.497 e. The van der Waals surface area contributed by atoms with Crippen LogP contribution in [-0.4, -0.2) is 61.8 Å². The molecule has 10 nitrogen and oxygen atoms in total. The van der Waals surface area contributed by atoms with Gasteiger partial charge >= 0.3 is 5.69 Å². The Morgan fingerprint density at radius 3 is 2.24 bits per heavy atom. The van der Waals surface area contributed by atoms with Crippen LogP contribution >= 0.6 is 0 Å². The van der Waals surface area contributed by atoms with Crippen LogP contribution in [0.5, 0.6) is 11.5 Å². The number of anilines is 2. The number of rotatable bonds is 16. The van der Waals surface area contributed by atoms with Crippen LogP contribution in [0.3, 0.4) is 0 Å². The zero-order valence-corrected chi connectivity index (χ0v) is 22.7. The van der Waals surface area contributed by atoms with E-state index in [2.05, 4.69) is 15.2 Å². The molecule has 1 aromatic heterocycles. The number of aliphatic hydroxyl groups is 1. The number of aromatic amines is 1. The van der Waals surface area contributed by atoms with E-state index < -0.39 is 0 Å². The summed E-state index contributed by atoms with van der Waals surface area (Å²) >= 11 is 0. The molecule has 1 atom stereocenters. The van der Waals surface area contributed by atoms with Gasteiger partial charge in [-0.05, 0) is 30.5 Å². The highest BCUT2D eigenvalue weighted by atomic mass is 16.5. The summed E-state index contributed by atoms with van der Waals surface area (Å²) in [6, 6.07) is 5.78. The molecule has 2 heterocycles. The van der Waals surface area contributed by atoms with E-state index in [0.717, 1.165) is 55.7 Å². The van der Waals surface area contributed by atoms with E-state index in [9.17, 15) is 14.7 Å². The van der Waals surface area contributed by atoms with Crippen LogP contribution in [0.2, 0.25) is 0 Å². The Balaban J connectivity index is 1.23. The largest absolute Gasteiger partial charge is 0.497 e. The molecule has 0 saturated heterocycles. The van der Waals surface area contributed by atoms with Crippen molar-refractivity contribution in [1.29, 1.82) is 0 Å². The van der Waals surface area contributed by atoms with Crippen molar-refractivity contribution < 1.29 is 14.6 Å². The van der Waals surface area contributed by atoms with Crippen LogP contribution in [0.15, 0.2) is 27.8 Å². The van der Waals surface area contributed by atoms with Crippen LogP contribution in [0, 0.1) is 0 Å². The van der Waals surface area contributed by atoms with Crippen LogP contribution in [0.4, 0.5) is 11.5 Å². The minimum atomic E-state index is -0.373. The topological polar surface area (TPSA) is 112 Å². The molecule has 0 saturated carbocycles. The smallest absolute Gasteiger partial charge is 0.329 e. The van der Waals surface area contributed by atoms with Crippen molar-refractivity contribution in [3.8, 4) is 11.5 Å². The molecule has 3 rings (SSSR count). The predicted octanol–water partition coefficient (Wildman–Crippen LogP) is 2.58. The number of aliphatic hydroxyl groups excluding tert-OH is 1. The van der Waals surface area contributed by atoms with Gasteiger partial charge in [-0.15, -0.1) is 0 Å². The van der Waals surface area contributed by atoms with Gasteiger partial charge in [0.25, 0.3) is 5.56 Å². The number of fused-ring (bicyclic) bond motifs is 1. The lowest BCUT2D eigenvalue weighted by molar-refractivity contribution is 0.157. The van der Waals surface area contributed by atoms with E-state index in [1.54, 1.807) is 21.3 Å². The third-order valence-electron chi connectivity index (χ3n) is 6.92. The summed E-state index contributed by atoms with van der Waals surface area (Å²) in [6.45, 7) is 2.67. The molecule has 0 fully saturated rings. The zero-order chi connectivity index (χ0) is 26.8. The van der Waals surface area contributed by atoms with Crippen LogP contribution < -0.4 is 35.8 Å². The summed E-state index contributed by atoms with van der Waals surface area (Å²) in [5, 5.41) is 13.6. The summed E-state index contributed by atoms with van der Waals surface area (Å²) in [6.07, 6.45) is 8.26. The molecule has 206 valence electrons. The maximum absolute atomic E-state index is 12.2. The van der Waals surface area contributed by atoms with Gasteiger partial charge < -0.3 is 29.7 Å². The van der Waals surface area contributed by atoms with E-state index in [-0.39, 0.29) is 17.4 Å². The van der Waals surface area contributed by atoms with Crippen LogP contribution in [0.25, 0.3) is 0 Å². The molecule has 1 aliphatic heterocycles. The van der Waals surface area contributed by atoms with E-state index >= 15 is 0 Å². The number of aromatic nitrogens is 2. The fourth-order valence-corrected chi connectivity index (χ4v) is 4.89. The van der Waals surface area contributed by atoms with Gasteiger partial charge in [-0.2, -0.15) is 0 Å². The number of hydrogen-bond donors (Lipinski definition) is 3. The molecule has 1 aliphatic rings. The standard InChI is InChI=1S/C27H43N5O5/c1-30-19-32(26-24(30)25(34)29-27(35)31(26)2)13-11-9-7-5-6-8-10-12-21(33)18-28-17-20-14-22(36-3)16-23(15-20)37-4/h14-16,21,28,33H,5-13,17-19H2,1-4H3,(H,29,34,35). The van der Waals surface area contributed by atoms with Crippen LogP contribution in [-0.2, 0) is 13.6 Å². The second kappa shape index (κ2) is 14.1. The minimum absolute atomic E-state index is 0.318. The Labute approximate surface area is 219 Å². The summed E-state index contributed by atoms with van der Waals surface area (Å²) in [7, 11) is 6.85. The average molecular weight is 518 g/mol. The molecular weight excluding hydrogens is 474 g/mol. The molecule has 2 aromatic rings. The molecule has 3 N–H and O–H groups in total. The SMILES string of the molecule is COc1cc(CNCC(O)CCCCCCCCCN2CN(C)c3c2n(C)c(=O)[nH]c3=O)cc(OC)c1. The summed E-state index contributed by atoms with van der Waals surface area (Å²) in [4.78, 5) is 30.5. The van der Waals surface area contributed by atoms with Crippen molar-refractivity contribution >= 4 is 11.5 Å². The Morgan fingerprint density at radius 1 is 0.973 bits per heavy atom. The zero-order valence-electron chi connectivity index (χ0n) is 22.7. The number of benzene rings is 1. The van der Waals surface area contributed by atoms with Crippen molar-refractivity contribution in [3.63, 3.8) is 0 Å². The van der Waals surface area contributed by atoms with Crippen molar-refractivity contribution in [3.05, 3.63) is 44.6 Å². The predicted molar refractivity (Wildman–Crippen MR) is 147 cm³/mol. The normalized spacial score (nSPS) is 13.6. The number of ether oxygens (including phenoxy) is 2. The van der Waals surface area contributed by atoms with E-state index in [1.165, 1.54) is 23.8 Å². The second-order valence-electron chi connectivity index (χ2n) is 9.86. The number of nitrogens with one attached hydrogen (secondary N) is 2. The van der Waals surface area contributed by atoms with E-state index in [0.29, 0.717) is 31.3 Å². The molecule has 0 bridgehead atoms. The third-order valence-corrected chi connectivity index (χ3v) is 6.92. The number of methoxy groups -OCH3 is 2. The van der Waals surface area contributed by atoms with Gasteiger partial charge in [-0.25, -0.2) is 4.79 Å². The number of unbranched alkanes of at least 4 members (excludes halogenated alkanes) is 6. The summed E-state index contributed by atoms with van der Waals surface area (Å²) in [5.74, 6) is 2.23. The Hall–Kier alpha value is -2.98. The first-order valence-electron chi connectivity index (χ1n) is 13.2. The molecule has 1 aromatic carbocycles. The fourth-order valence-electron chi connectivity index (χ4n) is 4.89. The highest BCUT2D eigenvalue weighted by Crippen LogP contribution is 2.30. The summed E-state index contributed by atoms with van der Waals surface area (Å²) in [5.41, 5.74) is 0.936. The average Bonchev–Trinajstić information content (AvgIpc) is 3.22. The lowest BCUT2D eigenvalue weighted by Crippen LogP contribution is -2.32. The highest BCUT2D eigenvalue weighted by molar-refractivity contribution is 5.71. The second-order valence-corrected chi connectivity index (χ2v) is 9.86. The Kier molecular flexibility index (Phi) is 10.9. The molecule has 10 heteroatoms. The van der Waals surface area contributed by atoms with Gasteiger partial charge in [0, 0.05) is 39.8 Å². The fraction of sp³-hybridized carbons (Fsp3) is 0.630. The molecule has 37 heavy (non-hydrogen) atoms. The molecular formula is C27H43N5O5. The van der Waals surface area contributed by atoms with Gasteiger partial charge in [-0.3, -0.25) is 14.3 Å². The first kappa shape index (κ1) is 28.6. The lowest BCUT2D eigenvalue weighted by atomic mass is 10.1. The summed E-state index contributed by atoms with van der Waals surface area (Å²) < 4.78 is 12.1. The quantitative estimate of drug-likeness (QED) is 0.291. The van der Waals surface area contributed by atoms with Gasteiger partial charge in [0.15, 0.2) is 0 Å². The van der Waals surface area contributed by atoms with Gasteiger partial charge in [-0.1, -0.05) is 38.5 Å². The molecule has 0 aliphatic carbocycles. The van der Waals surface area contributed by atoms with Gasteiger partial charge in [0.2, 0.25) is 0 Å². The Bertz CT molecular complexity index is 1090. The first-order chi connectivity index (χ1) is 17.8. The molecule has 0 radical (unpaired) electrons.